The molecule has 1 aliphatic heterocycles. The quantitative estimate of drug-likeness (QED) is 0.793. The average Bonchev–Trinajstić information content (AvgIpc) is 3.21. The third-order valence-electron chi connectivity index (χ3n) is 3.96. The van der Waals surface area contributed by atoms with Crippen molar-refractivity contribution < 1.29 is 4.74 Å². The van der Waals surface area contributed by atoms with Gasteiger partial charge in [0.05, 0.1) is 11.5 Å². The van der Waals surface area contributed by atoms with E-state index >= 15 is 0 Å². The highest BCUT2D eigenvalue weighted by Crippen LogP contribution is 2.31. The fraction of sp³-hybridized carbons (Fsp3) is 0.353. The first kappa shape index (κ1) is 14.5. The van der Waals surface area contributed by atoms with Crippen molar-refractivity contribution in [2.75, 3.05) is 18.5 Å². The summed E-state index contributed by atoms with van der Waals surface area (Å²) in [5, 5.41) is 4.54. The molecule has 1 atom stereocenters. The fourth-order valence-corrected chi connectivity index (χ4v) is 3.70. The van der Waals surface area contributed by atoms with Crippen LogP contribution in [0.15, 0.2) is 30.6 Å². The van der Waals surface area contributed by atoms with Crippen LogP contribution in [-0.2, 0) is 4.74 Å². The molecule has 23 heavy (non-hydrogen) atoms. The SMILES string of the molecule is Cc1cc2c(NCC3CCCO3)nc(-c3cccnc3)nc2s1. The zero-order valence-corrected chi connectivity index (χ0v) is 13.8. The van der Waals surface area contributed by atoms with Crippen LogP contribution in [0.1, 0.15) is 17.7 Å². The monoisotopic (exact) mass is 326 g/mol. The molecule has 5 nitrogen and oxygen atoms in total. The van der Waals surface area contributed by atoms with E-state index in [2.05, 4.69) is 23.3 Å². The number of nitrogens with zero attached hydrogens (tertiary/aromatic N) is 3. The summed E-state index contributed by atoms with van der Waals surface area (Å²) in [5.74, 6) is 1.59. The summed E-state index contributed by atoms with van der Waals surface area (Å²) in [4.78, 5) is 15.8. The van der Waals surface area contributed by atoms with E-state index in [9.17, 15) is 0 Å². The van der Waals surface area contributed by atoms with Gasteiger partial charge in [0, 0.05) is 36.0 Å². The molecule has 0 bridgehead atoms. The lowest BCUT2D eigenvalue weighted by Crippen LogP contribution is -2.19. The summed E-state index contributed by atoms with van der Waals surface area (Å²) in [6, 6.07) is 6.03. The molecular formula is C17H18N4OS. The van der Waals surface area contributed by atoms with Crippen molar-refractivity contribution in [1.29, 1.82) is 0 Å². The van der Waals surface area contributed by atoms with E-state index in [1.54, 1.807) is 23.7 Å². The second kappa shape index (κ2) is 6.22. The number of hydrogen-bond acceptors (Lipinski definition) is 6. The van der Waals surface area contributed by atoms with Crippen LogP contribution in [0.4, 0.5) is 5.82 Å². The molecule has 118 valence electrons. The second-order valence-corrected chi connectivity index (χ2v) is 6.96. The van der Waals surface area contributed by atoms with Gasteiger partial charge >= 0.3 is 0 Å². The zero-order valence-electron chi connectivity index (χ0n) is 13.0. The molecular weight excluding hydrogens is 308 g/mol. The Labute approximate surface area is 138 Å². The Hall–Kier alpha value is -2.05. The van der Waals surface area contributed by atoms with Crippen LogP contribution >= 0.6 is 11.3 Å². The minimum atomic E-state index is 0.279. The molecule has 0 aliphatic carbocycles. The molecule has 3 aromatic heterocycles. The summed E-state index contributed by atoms with van der Waals surface area (Å²) in [7, 11) is 0. The summed E-state index contributed by atoms with van der Waals surface area (Å²) in [5.41, 5.74) is 0.931. The molecule has 0 spiro atoms. The number of pyridine rings is 1. The first-order chi connectivity index (χ1) is 11.3. The molecule has 4 rings (SSSR count). The molecule has 4 heterocycles. The molecule has 0 amide bonds. The Balaban J connectivity index is 1.71. The van der Waals surface area contributed by atoms with Gasteiger partial charge in [-0.05, 0) is 38.0 Å². The number of rotatable bonds is 4. The largest absolute Gasteiger partial charge is 0.376 e. The lowest BCUT2D eigenvalue weighted by molar-refractivity contribution is 0.120. The Morgan fingerprint density at radius 3 is 3.13 bits per heavy atom. The van der Waals surface area contributed by atoms with Gasteiger partial charge in [0.1, 0.15) is 10.6 Å². The minimum Gasteiger partial charge on any atom is -0.376 e. The van der Waals surface area contributed by atoms with Crippen molar-refractivity contribution in [2.45, 2.75) is 25.9 Å². The maximum Gasteiger partial charge on any atom is 0.164 e. The average molecular weight is 326 g/mol. The van der Waals surface area contributed by atoms with Gasteiger partial charge in [-0.1, -0.05) is 0 Å². The molecule has 1 saturated heterocycles. The Kier molecular flexibility index (Phi) is 3.93. The van der Waals surface area contributed by atoms with Crippen molar-refractivity contribution >= 4 is 27.4 Å². The van der Waals surface area contributed by atoms with Crippen molar-refractivity contribution in [1.82, 2.24) is 15.0 Å². The summed E-state index contributed by atoms with van der Waals surface area (Å²) < 4.78 is 5.69. The standard InChI is InChI=1S/C17H18N4OS/c1-11-8-14-16(19-10-13-5-3-7-22-13)20-15(21-17(14)23-11)12-4-2-6-18-9-12/h2,4,6,8-9,13H,3,5,7,10H2,1H3,(H,19,20,21). The highest BCUT2D eigenvalue weighted by molar-refractivity contribution is 7.18. The number of thiophene rings is 1. The van der Waals surface area contributed by atoms with E-state index in [0.29, 0.717) is 5.82 Å². The fourth-order valence-electron chi connectivity index (χ4n) is 2.82. The van der Waals surface area contributed by atoms with Gasteiger partial charge in [-0.3, -0.25) is 4.98 Å². The third-order valence-corrected chi connectivity index (χ3v) is 4.90. The number of aryl methyl sites for hydroxylation is 1. The Morgan fingerprint density at radius 1 is 1.39 bits per heavy atom. The number of hydrogen-bond donors (Lipinski definition) is 1. The van der Waals surface area contributed by atoms with Gasteiger partial charge in [0.2, 0.25) is 0 Å². The van der Waals surface area contributed by atoms with Crippen molar-refractivity contribution in [3.8, 4) is 11.4 Å². The highest BCUT2D eigenvalue weighted by atomic mass is 32.1. The van der Waals surface area contributed by atoms with E-state index in [-0.39, 0.29) is 6.10 Å². The molecule has 0 aromatic carbocycles. The van der Waals surface area contributed by atoms with E-state index in [1.165, 1.54) is 4.88 Å². The molecule has 3 aromatic rings. The zero-order chi connectivity index (χ0) is 15.6. The van der Waals surface area contributed by atoms with E-state index < -0.39 is 0 Å². The first-order valence-electron chi connectivity index (χ1n) is 7.83. The van der Waals surface area contributed by atoms with Gasteiger partial charge in [-0.2, -0.15) is 0 Å². The third kappa shape index (κ3) is 3.04. The van der Waals surface area contributed by atoms with Crippen LogP contribution in [0.25, 0.3) is 21.6 Å². The van der Waals surface area contributed by atoms with Crippen molar-refractivity contribution in [3.63, 3.8) is 0 Å². The highest BCUT2D eigenvalue weighted by Gasteiger charge is 2.17. The number of fused-ring (bicyclic) bond motifs is 1. The van der Waals surface area contributed by atoms with Crippen LogP contribution in [-0.4, -0.2) is 34.2 Å². The Bertz CT molecular complexity index is 812. The molecule has 0 radical (unpaired) electrons. The lowest BCUT2D eigenvalue weighted by atomic mass is 10.2. The van der Waals surface area contributed by atoms with Crippen molar-refractivity contribution in [3.05, 3.63) is 35.5 Å². The number of ether oxygens (including phenoxy) is 1. The van der Waals surface area contributed by atoms with Crippen LogP contribution < -0.4 is 5.32 Å². The lowest BCUT2D eigenvalue weighted by Gasteiger charge is -2.12. The maximum atomic E-state index is 5.69. The smallest absolute Gasteiger partial charge is 0.164 e. The normalized spacial score (nSPS) is 17.7. The van der Waals surface area contributed by atoms with Gasteiger partial charge < -0.3 is 10.1 Å². The van der Waals surface area contributed by atoms with Gasteiger partial charge in [0.15, 0.2) is 5.82 Å². The topological polar surface area (TPSA) is 59.9 Å². The van der Waals surface area contributed by atoms with Gasteiger partial charge in [-0.25, -0.2) is 9.97 Å². The van der Waals surface area contributed by atoms with Gasteiger partial charge in [0.25, 0.3) is 0 Å². The molecule has 1 N–H and O–H groups in total. The number of anilines is 1. The molecule has 1 aliphatic rings. The van der Waals surface area contributed by atoms with E-state index in [4.69, 9.17) is 14.7 Å². The van der Waals surface area contributed by atoms with E-state index in [1.807, 2.05) is 12.1 Å². The first-order valence-corrected chi connectivity index (χ1v) is 8.65. The molecule has 0 saturated carbocycles. The van der Waals surface area contributed by atoms with Crippen LogP contribution in [0, 0.1) is 6.92 Å². The molecule has 1 unspecified atom stereocenters. The Morgan fingerprint density at radius 2 is 2.35 bits per heavy atom. The van der Waals surface area contributed by atoms with Crippen LogP contribution in [0.3, 0.4) is 0 Å². The summed E-state index contributed by atoms with van der Waals surface area (Å²) >= 11 is 1.69. The summed E-state index contributed by atoms with van der Waals surface area (Å²) in [6.07, 6.45) is 6.09. The predicted molar refractivity (Wildman–Crippen MR) is 92.8 cm³/mol. The van der Waals surface area contributed by atoms with Crippen molar-refractivity contribution in [2.24, 2.45) is 0 Å². The van der Waals surface area contributed by atoms with Gasteiger partial charge in [-0.15, -0.1) is 11.3 Å². The van der Waals surface area contributed by atoms with Crippen LogP contribution in [0.5, 0.6) is 0 Å². The minimum absolute atomic E-state index is 0.279. The molecule has 1 fully saturated rings. The number of nitrogens with one attached hydrogen (secondary N) is 1. The maximum absolute atomic E-state index is 5.69. The molecule has 6 heteroatoms. The number of aromatic nitrogens is 3. The summed E-state index contributed by atoms with van der Waals surface area (Å²) in [6.45, 7) is 3.75. The second-order valence-electron chi connectivity index (χ2n) is 5.73. The predicted octanol–water partition coefficient (Wildman–Crippen LogP) is 3.65. The van der Waals surface area contributed by atoms with E-state index in [0.717, 1.165) is 47.6 Å². The van der Waals surface area contributed by atoms with Crippen LogP contribution in [0.2, 0.25) is 0 Å².